The smallest absolute Gasteiger partial charge is 0.306 e. The van der Waals surface area contributed by atoms with Gasteiger partial charge < -0.3 is 15.3 Å². The van der Waals surface area contributed by atoms with Crippen molar-refractivity contribution in [2.75, 3.05) is 26.7 Å². The highest BCUT2D eigenvalue weighted by atomic mass is 16.4. The van der Waals surface area contributed by atoms with Crippen LogP contribution in [0.15, 0.2) is 0 Å². The van der Waals surface area contributed by atoms with Gasteiger partial charge in [-0.15, -0.1) is 0 Å². The number of piperidine rings is 1. The van der Waals surface area contributed by atoms with Crippen LogP contribution in [0, 0.1) is 11.8 Å². The van der Waals surface area contributed by atoms with Crippen molar-refractivity contribution < 1.29 is 9.90 Å². The molecule has 2 unspecified atom stereocenters. The molecular formula is C14H26N2O2. The molecule has 1 aliphatic heterocycles. The molecule has 0 aromatic rings. The highest BCUT2D eigenvalue weighted by molar-refractivity contribution is 5.70. The largest absolute Gasteiger partial charge is 0.481 e. The molecule has 4 heteroatoms. The van der Waals surface area contributed by atoms with Crippen LogP contribution in [0.5, 0.6) is 0 Å². The van der Waals surface area contributed by atoms with Crippen molar-refractivity contribution >= 4 is 5.97 Å². The zero-order chi connectivity index (χ0) is 13.0. The van der Waals surface area contributed by atoms with Gasteiger partial charge in [0.25, 0.3) is 0 Å². The summed E-state index contributed by atoms with van der Waals surface area (Å²) in [6.07, 6.45) is 6.62. The summed E-state index contributed by atoms with van der Waals surface area (Å²) in [4.78, 5) is 13.6. The van der Waals surface area contributed by atoms with Crippen LogP contribution >= 0.6 is 0 Å². The van der Waals surface area contributed by atoms with Crippen LogP contribution in [0.4, 0.5) is 0 Å². The van der Waals surface area contributed by atoms with Gasteiger partial charge in [0.1, 0.15) is 0 Å². The van der Waals surface area contributed by atoms with Crippen molar-refractivity contribution in [2.45, 2.75) is 44.6 Å². The summed E-state index contributed by atoms with van der Waals surface area (Å²) in [5, 5.41) is 12.9. The summed E-state index contributed by atoms with van der Waals surface area (Å²) in [6.45, 7) is 3.21. The van der Waals surface area contributed by atoms with Gasteiger partial charge in [0.15, 0.2) is 0 Å². The number of hydrogen-bond donors (Lipinski definition) is 2. The predicted molar refractivity (Wildman–Crippen MR) is 71.6 cm³/mol. The number of carboxylic acids is 1. The van der Waals surface area contributed by atoms with Crippen molar-refractivity contribution in [3.63, 3.8) is 0 Å². The lowest BCUT2D eigenvalue weighted by molar-refractivity contribution is -0.144. The quantitative estimate of drug-likeness (QED) is 0.799. The van der Waals surface area contributed by atoms with Crippen LogP contribution in [0.2, 0.25) is 0 Å². The van der Waals surface area contributed by atoms with Gasteiger partial charge >= 0.3 is 5.97 Å². The highest BCUT2D eigenvalue weighted by Gasteiger charge is 2.31. The number of carboxylic acid groups (broad SMARTS) is 1. The van der Waals surface area contributed by atoms with Crippen molar-refractivity contribution in [3.05, 3.63) is 0 Å². The maximum absolute atomic E-state index is 11.2. The molecule has 0 bridgehead atoms. The summed E-state index contributed by atoms with van der Waals surface area (Å²) in [5.41, 5.74) is 0. The van der Waals surface area contributed by atoms with Crippen LogP contribution < -0.4 is 5.32 Å². The monoisotopic (exact) mass is 254 g/mol. The van der Waals surface area contributed by atoms with Gasteiger partial charge in [0.2, 0.25) is 0 Å². The minimum atomic E-state index is -0.593. The summed E-state index contributed by atoms with van der Waals surface area (Å²) in [5.74, 6) is -0.363. The number of likely N-dealkylation sites (tertiary alicyclic amines) is 1. The second-order valence-electron chi connectivity index (χ2n) is 5.98. The average Bonchev–Trinajstić information content (AvgIpc) is 2.38. The van der Waals surface area contributed by atoms with Gasteiger partial charge in [0.05, 0.1) is 5.92 Å². The Hall–Kier alpha value is -0.610. The lowest BCUT2D eigenvalue weighted by Crippen LogP contribution is -2.44. The zero-order valence-corrected chi connectivity index (χ0v) is 11.4. The number of hydrogen-bond acceptors (Lipinski definition) is 3. The van der Waals surface area contributed by atoms with Gasteiger partial charge in [-0.05, 0) is 58.3 Å². The maximum Gasteiger partial charge on any atom is 0.306 e. The third-order valence-corrected chi connectivity index (χ3v) is 4.61. The third kappa shape index (κ3) is 3.69. The Morgan fingerprint density at radius 2 is 1.89 bits per heavy atom. The van der Waals surface area contributed by atoms with Gasteiger partial charge in [0, 0.05) is 6.04 Å². The Morgan fingerprint density at radius 3 is 2.56 bits per heavy atom. The second-order valence-corrected chi connectivity index (χ2v) is 5.98. The van der Waals surface area contributed by atoms with E-state index in [2.05, 4.69) is 17.3 Å². The molecule has 1 heterocycles. The number of carbonyl (C=O) groups is 1. The fourth-order valence-electron chi connectivity index (χ4n) is 3.31. The van der Waals surface area contributed by atoms with E-state index in [4.69, 9.17) is 0 Å². The van der Waals surface area contributed by atoms with Gasteiger partial charge in [-0.3, -0.25) is 4.79 Å². The van der Waals surface area contributed by atoms with E-state index in [0.29, 0.717) is 12.0 Å². The number of nitrogens with zero attached hydrogens (tertiary/aromatic N) is 1. The molecule has 0 aromatic carbocycles. The van der Waals surface area contributed by atoms with E-state index in [1.807, 2.05) is 0 Å². The highest BCUT2D eigenvalue weighted by Crippen LogP contribution is 2.30. The van der Waals surface area contributed by atoms with E-state index in [9.17, 15) is 9.90 Å². The molecule has 18 heavy (non-hydrogen) atoms. The summed E-state index contributed by atoms with van der Waals surface area (Å²) >= 11 is 0. The summed E-state index contributed by atoms with van der Waals surface area (Å²) < 4.78 is 0. The first-order valence-corrected chi connectivity index (χ1v) is 7.31. The average molecular weight is 254 g/mol. The first-order valence-electron chi connectivity index (χ1n) is 7.31. The lowest BCUT2D eigenvalue weighted by Gasteiger charge is -2.33. The Labute approximate surface area is 110 Å². The van der Waals surface area contributed by atoms with E-state index >= 15 is 0 Å². The topological polar surface area (TPSA) is 52.6 Å². The van der Waals surface area contributed by atoms with Crippen LogP contribution in [0.25, 0.3) is 0 Å². The molecular weight excluding hydrogens is 228 g/mol. The second kappa shape index (κ2) is 6.53. The van der Waals surface area contributed by atoms with Gasteiger partial charge in [-0.1, -0.05) is 12.8 Å². The van der Waals surface area contributed by atoms with Crippen LogP contribution in [0.3, 0.4) is 0 Å². The molecule has 0 spiro atoms. The third-order valence-electron chi connectivity index (χ3n) is 4.61. The fraction of sp³-hybridized carbons (Fsp3) is 0.929. The van der Waals surface area contributed by atoms with Crippen LogP contribution in [-0.2, 0) is 4.79 Å². The van der Waals surface area contributed by atoms with Gasteiger partial charge in [-0.2, -0.15) is 0 Å². The fourth-order valence-corrected chi connectivity index (χ4v) is 3.31. The van der Waals surface area contributed by atoms with Crippen LogP contribution in [0.1, 0.15) is 38.5 Å². The predicted octanol–water partition coefficient (Wildman–Crippen LogP) is 1.56. The number of aliphatic carboxylic acids is 1. The van der Waals surface area contributed by atoms with E-state index in [1.165, 1.54) is 19.3 Å². The summed E-state index contributed by atoms with van der Waals surface area (Å²) in [7, 11) is 2.16. The normalized spacial score (nSPS) is 31.4. The van der Waals surface area contributed by atoms with E-state index in [1.54, 1.807) is 0 Å². The molecule has 2 aliphatic rings. The first-order chi connectivity index (χ1) is 8.66. The Balaban J connectivity index is 1.75. The lowest BCUT2D eigenvalue weighted by atomic mass is 9.79. The standard InChI is InChI=1S/C14H26N2O2/c1-16-8-6-12(7-9-16)15-10-11-4-2-3-5-13(11)14(17)18/h11-13,15H,2-10H2,1H3,(H,17,18). The Kier molecular flexibility index (Phi) is 5.01. The maximum atomic E-state index is 11.2. The molecule has 0 amide bonds. The van der Waals surface area contributed by atoms with Crippen molar-refractivity contribution in [3.8, 4) is 0 Å². The Bertz CT molecular complexity index is 275. The zero-order valence-electron chi connectivity index (χ0n) is 11.4. The molecule has 2 rings (SSSR count). The molecule has 104 valence electrons. The van der Waals surface area contributed by atoms with E-state index in [0.717, 1.165) is 38.9 Å². The van der Waals surface area contributed by atoms with Gasteiger partial charge in [-0.25, -0.2) is 0 Å². The van der Waals surface area contributed by atoms with Crippen molar-refractivity contribution in [1.82, 2.24) is 10.2 Å². The van der Waals surface area contributed by atoms with E-state index in [-0.39, 0.29) is 5.92 Å². The molecule has 1 saturated carbocycles. The molecule has 1 aliphatic carbocycles. The molecule has 4 nitrogen and oxygen atoms in total. The van der Waals surface area contributed by atoms with Crippen molar-refractivity contribution in [1.29, 1.82) is 0 Å². The number of rotatable bonds is 4. The SMILES string of the molecule is CN1CCC(NCC2CCCCC2C(=O)O)CC1. The molecule has 2 N–H and O–H groups in total. The summed E-state index contributed by atoms with van der Waals surface area (Å²) in [6, 6.07) is 0.595. The Morgan fingerprint density at radius 1 is 1.22 bits per heavy atom. The van der Waals surface area contributed by atoms with Crippen molar-refractivity contribution in [2.24, 2.45) is 11.8 Å². The molecule has 2 fully saturated rings. The molecule has 2 atom stereocenters. The molecule has 1 saturated heterocycles. The molecule has 0 radical (unpaired) electrons. The molecule has 0 aromatic heterocycles. The van der Waals surface area contributed by atoms with E-state index < -0.39 is 5.97 Å². The first kappa shape index (κ1) is 13.8. The number of nitrogens with one attached hydrogen (secondary N) is 1. The van der Waals surface area contributed by atoms with Crippen LogP contribution in [-0.4, -0.2) is 48.7 Å². The minimum Gasteiger partial charge on any atom is -0.481 e. The minimum absolute atomic E-state index is 0.113.